The Morgan fingerprint density at radius 3 is 2.27 bits per heavy atom. The van der Waals surface area contributed by atoms with Crippen molar-refractivity contribution in [3.05, 3.63) is 97.2 Å². The molecule has 0 bridgehead atoms. The molecular weight excluding hydrogens is 525 g/mol. The van der Waals surface area contributed by atoms with E-state index in [1.165, 1.54) is 24.3 Å². The molecule has 0 radical (unpaired) electrons. The van der Waals surface area contributed by atoms with Gasteiger partial charge in [-0.25, -0.2) is 4.39 Å². The van der Waals surface area contributed by atoms with Crippen molar-refractivity contribution in [2.75, 3.05) is 17.2 Å². The lowest BCUT2D eigenvalue weighted by Gasteiger charge is -2.16. The van der Waals surface area contributed by atoms with Crippen LogP contribution in [0.25, 0.3) is 22.0 Å². The van der Waals surface area contributed by atoms with Gasteiger partial charge in [0, 0.05) is 34.7 Å². The van der Waals surface area contributed by atoms with Gasteiger partial charge in [0.05, 0.1) is 24.9 Å². The van der Waals surface area contributed by atoms with Crippen LogP contribution in [0, 0.1) is 11.2 Å². The van der Waals surface area contributed by atoms with Crippen LogP contribution in [0.4, 0.5) is 15.8 Å². The monoisotopic (exact) mass is 551 g/mol. The SMILES string of the molecule is O=C(Nc1ccc(F)cc1)C1(C(=O)Nc2ccc(Oc3ccnc4cc(-c5cnn(CCO)c5)ccc34)cc2)CC1. The van der Waals surface area contributed by atoms with E-state index in [0.29, 0.717) is 42.3 Å². The summed E-state index contributed by atoms with van der Waals surface area (Å²) in [5, 5.41) is 19.7. The largest absolute Gasteiger partial charge is 0.457 e. The van der Waals surface area contributed by atoms with E-state index in [-0.39, 0.29) is 12.5 Å². The summed E-state index contributed by atoms with van der Waals surface area (Å²) in [6, 6.07) is 20.0. The Morgan fingerprint density at radius 1 is 0.927 bits per heavy atom. The maximum Gasteiger partial charge on any atom is 0.240 e. The highest BCUT2D eigenvalue weighted by molar-refractivity contribution is 6.16. The van der Waals surface area contributed by atoms with E-state index < -0.39 is 17.1 Å². The van der Waals surface area contributed by atoms with Crippen LogP contribution in [0.15, 0.2) is 91.4 Å². The van der Waals surface area contributed by atoms with Crippen LogP contribution >= 0.6 is 0 Å². The van der Waals surface area contributed by atoms with E-state index in [4.69, 9.17) is 9.84 Å². The molecule has 0 saturated heterocycles. The number of halogens is 1. The average molecular weight is 552 g/mol. The highest BCUT2D eigenvalue weighted by Crippen LogP contribution is 2.47. The number of nitrogens with one attached hydrogen (secondary N) is 2. The fourth-order valence-corrected chi connectivity index (χ4v) is 4.58. The third-order valence-electron chi connectivity index (χ3n) is 7.06. The predicted octanol–water partition coefficient (Wildman–Crippen LogP) is 5.38. The minimum Gasteiger partial charge on any atom is -0.457 e. The van der Waals surface area contributed by atoms with Crippen molar-refractivity contribution in [2.45, 2.75) is 19.4 Å². The van der Waals surface area contributed by atoms with Gasteiger partial charge >= 0.3 is 0 Å². The van der Waals surface area contributed by atoms with Crippen molar-refractivity contribution in [3.63, 3.8) is 0 Å². The lowest BCUT2D eigenvalue weighted by atomic mass is 10.0. The fourth-order valence-electron chi connectivity index (χ4n) is 4.58. The maximum absolute atomic E-state index is 13.2. The normalized spacial score (nSPS) is 13.5. The average Bonchev–Trinajstić information content (AvgIpc) is 3.68. The Labute approximate surface area is 234 Å². The van der Waals surface area contributed by atoms with Crippen molar-refractivity contribution >= 4 is 34.1 Å². The molecule has 41 heavy (non-hydrogen) atoms. The molecular formula is C31H26FN5O4. The highest BCUT2D eigenvalue weighted by Gasteiger charge is 2.56. The van der Waals surface area contributed by atoms with Crippen molar-refractivity contribution in [1.82, 2.24) is 14.8 Å². The van der Waals surface area contributed by atoms with Gasteiger partial charge in [0.25, 0.3) is 0 Å². The van der Waals surface area contributed by atoms with E-state index in [1.807, 2.05) is 24.4 Å². The summed E-state index contributed by atoms with van der Waals surface area (Å²) in [6.07, 6.45) is 6.18. The molecule has 1 saturated carbocycles. The second-order valence-corrected chi connectivity index (χ2v) is 9.88. The van der Waals surface area contributed by atoms with Crippen molar-refractivity contribution in [3.8, 4) is 22.6 Å². The number of carbonyl (C=O) groups excluding carboxylic acids is 2. The minimum atomic E-state index is -1.14. The number of anilines is 2. The molecule has 5 aromatic rings. The van der Waals surface area contributed by atoms with Crippen molar-refractivity contribution < 1.29 is 23.8 Å². The molecule has 1 aliphatic carbocycles. The number of ether oxygens (including phenoxy) is 1. The number of aliphatic hydroxyl groups is 1. The molecule has 1 aliphatic rings. The van der Waals surface area contributed by atoms with Gasteiger partial charge in [0.15, 0.2) is 0 Å². The zero-order chi connectivity index (χ0) is 28.4. The van der Waals surface area contributed by atoms with Crippen molar-refractivity contribution in [1.29, 1.82) is 0 Å². The lowest BCUT2D eigenvalue weighted by molar-refractivity contribution is -0.131. The second kappa shape index (κ2) is 10.8. The molecule has 0 unspecified atom stereocenters. The smallest absolute Gasteiger partial charge is 0.240 e. The van der Waals surface area contributed by atoms with Crippen LogP contribution in [0.2, 0.25) is 0 Å². The summed E-state index contributed by atoms with van der Waals surface area (Å²) in [7, 11) is 0. The Hall–Kier alpha value is -5.09. The molecule has 0 spiro atoms. The van der Waals surface area contributed by atoms with Crippen LogP contribution in [0.1, 0.15) is 12.8 Å². The molecule has 9 nitrogen and oxygen atoms in total. The number of rotatable bonds is 9. The molecule has 6 rings (SSSR count). The number of benzene rings is 3. The third-order valence-corrected chi connectivity index (χ3v) is 7.06. The first-order valence-corrected chi connectivity index (χ1v) is 13.1. The van der Waals surface area contributed by atoms with Crippen LogP contribution in [-0.2, 0) is 16.1 Å². The van der Waals surface area contributed by atoms with Gasteiger partial charge in [0.1, 0.15) is 22.7 Å². The van der Waals surface area contributed by atoms with Gasteiger partial charge in [-0.2, -0.15) is 5.10 Å². The van der Waals surface area contributed by atoms with E-state index in [0.717, 1.165) is 22.0 Å². The summed E-state index contributed by atoms with van der Waals surface area (Å²) < 4.78 is 21.0. The summed E-state index contributed by atoms with van der Waals surface area (Å²) in [6.45, 7) is 0.450. The number of carbonyl (C=O) groups is 2. The zero-order valence-electron chi connectivity index (χ0n) is 21.9. The van der Waals surface area contributed by atoms with Crippen LogP contribution in [0.5, 0.6) is 11.5 Å². The van der Waals surface area contributed by atoms with Gasteiger partial charge in [-0.3, -0.25) is 19.3 Å². The number of aliphatic hydroxyl groups excluding tert-OH is 1. The Bertz CT molecular complexity index is 1730. The summed E-state index contributed by atoms with van der Waals surface area (Å²) in [4.78, 5) is 30.3. The van der Waals surface area contributed by atoms with E-state index in [1.54, 1.807) is 47.4 Å². The second-order valence-electron chi connectivity index (χ2n) is 9.88. The molecule has 3 N–H and O–H groups in total. The Kier molecular flexibility index (Phi) is 6.90. The Balaban J connectivity index is 1.12. The molecule has 2 amide bonds. The fraction of sp³-hybridized carbons (Fsp3) is 0.161. The predicted molar refractivity (Wildman–Crippen MR) is 152 cm³/mol. The number of nitrogens with zero attached hydrogens (tertiary/aromatic N) is 3. The minimum absolute atomic E-state index is 0.0191. The van der Waals surface area contributed by atoms with Gasteiger partial charge in [0.2, 0.25) is 11.8 Å². The highest BCUT2D eigenvalue weighted by atomic mass is 19.1. The first-order valence-electron chi connectivity index (χ1n) is 13.1. The quantitative estimate of drug-likeness (QED) is 0.212. The topological polar surface area (TPSA) is 118 Å². The standard InChI is InChI=1S/C31H26FN5O4/c32-22-2-4-23(5-3-22)35-29(39)31(12-13-31)30(40)36-24-6-8-25(9-7-24)41-28-11-14-33-27-17-20(1-10-26(27)28)21-18-34-37(19-21)15-16-38/h1-11,14,17-19,38H,12-13,15-16H2,(H,35,39)(H,36,40). The van der Waals surface area contributed by atoms with Crippen molar-refractivity contribution in [2.24, 2.45) is 5.41 Å². The maximum atomic E-state index is 13.2. The third kappa shape index (κ3) is 5.50. The number of pyridine rings is 1. The molecule has 10 heteroatoms. The first kappa shape index (κ1) is 26.1. The van der Waals surface area contributed by atoms with Crippen LogP contribution < -0.4 is 15.4 Å². The summed E-state index contributed by atoms with van der Waals surface area (Å²) in [5.74, 6) is 0.000812. The van der Waals surface area contributed by atoms with Crippen LogP contribution in [0.3, 0.4) is 0 Å². The number of fused-ring (bicyclic) bond motifs is 1. The molecule has 3 aromatic carbocycles. The molecule has 2 heterocycles. The first-order chi connectivity index (χ1) is 19.9. The summed E-state index contributed by atoms with van der Waals surface area (Å²) in [5.41, 5.74) is 2.46. The number of hydrogen-bond donors (Lipinski definition) is 3. The van der Waals surface area contributed by atoms with E-state index >= 15 is 0 Å². The Morgan fingerprint density at radius 2 is 1.61 bits per heavy atom. The van der Waals surface area contributed by atoms with E-state index in [2.05, 4.69) is 20.7 Å². The van der Waals surface area contributed by atoms with Gasteiger partial charge in [-0.15, -0.1) is 0 Å². The summed E-state index contributed by atoms with van der Waals surface area (Å²) >= 11 is 0. The van der Waals surface area contributed by atoms with Gasteiger partial charge in [-0.1, -0.05) is 6.07 Å². The molecule has 206 valence electrons. The van der Waals surface area contributed by atoms with Gasteiger partial charge < -0.3 is 20.5 Å². The molecule has 0 atom stereocenters. The molecule has 2 aromatic heterocycles. The zero-order valence-corrected chi connectivity index (χ0v) is 21.9. The number of aromatic nitrogens is 3. The lowest BCUT2D eigenvalue weighted by Crippen LogP contribution is -2.35. The number of amides is 2. The van der Waals surface area contributed by atoms with E-state index in [9.17, 15) is 14.0 Å². The molecule has 0 aliphatic heterocycles. The van der Waals surface area contributed by atoms with Crippen LogP contribution in [-0.4, -0.2) is 38.3 Å². The molecule has 1 fully saturated rings. The van der Waals surface area contributed by atoms with Gasteiger partial charge in [-0.05, 0) is 85.1 Å². The number of hydrogen-bond acceptors (Lipinski definition) is 6.